The molecule has 0 unspecified atom stereocenters. The topological polar surface area (TPSA) is 177 Å². The van der Waals surface area contributed by atoms with Crippen molar-refractivity contribution in [1.29, 1.82) is 0 Å². The molecule has 0 aliphatic carbocycles. The molecule has 4 N–H and O–H groups in total. The number of carboxylic acid groups (broad SMARTS) is 1. The molecule has 12 nitrogen and oxygen atoms in total. The highest BCUT2D eigenvalue weighted by Gasteiger charge is 2.19. The minimum atomic E-state index is -1.49. The van der Waals surface area contributed by atoms with Crippen molar-refractivity contribution in [2.75, 3.05) is 7.05 Å². The summed E-state index contributed by atoms with van der Waals surface area (Å²) >= 11 is 0. The number of para-hydroxylation sites is 2. The van der Waals surface area contributed by atoms with Gasteiger partial charge in [-0.05, 0) is 59.1 Å². The van der Waals surface area contributed by atoms with E-state index in [1.54, 1.807) is 12.1 Å². The van der Waals surface area contributed by atoms with Crippen molar-refractivity contribution >= 4 is 11.9 Å². The second-order valence-corrected chi connectivity index (χ2v) is 13.8. The normalized spacial score (nSPS) is 10.9. The molecule has 2 aromatic heterocycles. The lowest BCUT2D eigenvalue weighted by molar-refractivity contribution is 0.0685. The summed E-state index contributed by atoms with van der Waals surface area (Å²) in [5, 5.41) is 39.4. The molecule has 0 aliphatic heterocycles. The Balaban J connectivity index is 0.000000211. The molecule has 4 aromatic carbocycles. The third-order valence-electron chi connectivity index (χ3n) is 8.56. The Morgan fingerprint density at radius 3 is 1.38 bits per heavy atom. The van der Waals surface area contributed by atoms with Gasteiger partial charge in [0.1, 0.15) is 0 Å². The van der Waals surface area contributed by atoms with Crippen LogP contribution < -0.4 is 16.2 Å². The summed E-state index contributed by atoms with van der Waals surface area (Å²) in [6.07, 6.45) is 4.34. The third kappa shape index (κ3) is 9.41. The molecule has 0 spiro atoms. The van der Waals surface area contributed by atoms with Crippen LogP contribution in [0.25, 0.3) is 33.6 Å². The van der Waals surface area contributed by atoms with Crippen LogP contribution >= 0.6 is 0 Å². The summed E-state index contributed by atoms with van der Waals surface area (Å²) < 4.78 is 2.58. The minimum Gasteiger partial charge on any atom is -0.503 e. The van der Waals surface area contributed by atoms with Gasteiger partial charge in [-0.3, -0.25) is 14.4 Å². The van der Waals surface area contributed by atoms with Crippen LogP contribution in [0.4, 0.5) is 0 Å². The number of rotatable bonds is 10. The first kappa shape index (κ1) is 39.4. The van der Waals surface area contributed by atoms with E-state index < -0.39 is 39.9 Å². The van der Waals surface area contributed by atoms with E-state index in [-0.39, 0.29) is 5.69 Å². The lowest BCUT2D eigenvalue weighted by atomic mass is 9.98. The molecule has 0 aliphatic rings. The number of carbonyl (C=O) groups excluding carboxylic acids is 1. The van der Waals surface area contributed by atoms with E-state index in [9.17, 15) is 29.4 Å². The number of aromatic hydroxyl groups is 2. The summed E-state index contributed by atoms with van der Waals surface area (Å²) in [5.74, 6) is -2.19. The fourth-order valence-electron chi connectivity index (χ4n) is 6.03. The molecular formula is C43H43N5O7. The van der Waals surface area contributed by atoms with Crippen molar-refractivity contribution in [3.63, 3.8) is 0 Å². The van der Waals surface area contributed by atoms with Crippen molar-refractivity contribution in [1.82, 2.24) is 24.9 Å². The highest BCUT2D eigenvalue weighted by Crippen LogP contribution is 2.29. The lowest BCUT2D eigenvalue weighted by Gasteiger charge is -2.14. The maximum absolute atomic E-state index is 12.0. The molecule has 0 atom stereocenters. The number of benzene rings is 4. The number of hydrogen-bond donors (Lipinski definition) is 4. The highest BCUT2D eigenvalue weighted by molar-refractivity contribution is 5.92. The van der Waals surface area contributed by atoms with E-state index in [4.69, 9.17) is 5.11 Å². The predicted molar refractivity (Wildman–Crippen MR) is 211 cm³/mol. The zero-order valence-electron chi connectivity index (χ0n) is 31.2. The number of hydrogen-bond acceptors (Lipinski definition) is 8. The van der Waals surface area contributed by atoms with Crippen LogP contribution in [-0.2, 0) is 12.8 Å². The zero-order chi connectivity index (χ0) is 39.8. The number of aromatic carboxylic acids is 1. The van der Waals surface area contributed by atoms with Gasteiger partial charge in [-0.2, -0.15) is 10.2 Å². The molecule has 282 valence electrons. The molecule has 0 radical (unpaired) electrons. The van der Waals surface area contributed by atoms with Gasteiger partial charge in [-0.25, -0.2) is 14.2 Å². The minimum absolute atomic E-state index is 0.357. The monoisotopic (exact) mass is 741 g/mol. The van der Waals surface area contributed by atoms with Gasteiger partial charge in [0.05, 0.1) is 23.8 Å². The quantitative estimate of drug-likeness (QED) is 0.120. The Morgan fingerprint density at radius 1 is 0.618 bits per heavy atom. The van der Waals surface area contributed by atoms with E-state index in [1.807, 2.05) is 60.7 Å². The highest BCUT2D eigenvalue weighted by atomic mass is 16.4. The first-order chi connectivity index (χ1) is 26.3. The van der Waals surface area contributed by atoms with Gasteiger partial charge in [0.2, 0.25) is 5.69 Å². The molecule has 0 bridgehead atoms. The van der Waals surface area contributed by atoms with Crippen LogP contribution in [0.3, 0.4) is 0 Å². The van der Waals surface area contributed by atoms with Crippen molar-refractivity contribution in [2.45, 2.75) is 40.5 Å². The van der Waals surface area contributed by atoms with E-state index in [0.29, 0.717) is 23.2 Å². The standard InChI is InChI=1S/C22H23N3O3.C21H20N2O4/c1-14(2)12-15-8-10-16(11-9-15)17-6-4-5-7-18(17)25-13-19(26)21(27)20(24-25)22(28)23-3;1-13(2)11-14-7-9-15(10-8-14)16-5-3-4-6-17(16)23-12-18(24)20(25)19(22-23)21(26)27/h4-11,13-14,26H,12H2,1-3H3,(H,23,28);3-10,12-13,24H,11H2,1-2H3,(H,26,27). The Labute approximate surface area is 318 Å². The molecule has 6 rings (SSSR count). The summed E-state index contributed by atoms with van der Waals surface area (Å²) in [6.45, 7) is 8.69. The molecule has 12 heteroatoms. The first-order valence-corrected chi connectivity index (χ1v) is 17.8. The van der Waals surface area contributed by atoms with Crippen molar-refractivity contribution in [3.05, 3.63) is 152 Å². The lowest BCUT2D eigenvalue weighted by Crippen LogP contribution is -2.29. The van der Waals surface area contributed by atoms with Crippen LogP contribution in [0.2, 0.25) is 0 Å². The van der Waals surface area contributed by atoms with Crippen LogP contribution in [0.5, 0.6) is 11.5 Å². The Morgan fingerprint density at radius 2 is 1.00 bits per heavy atom. The molecule has 2 heterocycles. The van der Waals surface area contributed by atoms with Gasteiger partial charge in [-0.1, -0.05) is 113 Å². The summed E-state index contributed by atoms with van der Waals surface area (Å²) in [4.78, 5) is 47.0. The average Bonchev–Trinajstić information content (AvgIpc) is 3.17. The van der Waals surface area contributed by atoms with E-state index >= 15 is 0 Å². The SMILES string of the molecule is CC(C)Cc1ccc(-c2ccccc2-n2cc(O)c(=O)c(C(=O)O)n2)cc1.CNC(=O)c1nn(-c2ccccc2-c2ccc(CC(C)C)cc2)cc(O)c1=O. The van der Waals surface area contributed by atoms with Gasteiger partial charge in [0.25, 0.3) is 16.8 Å². The van der Waals surface area contributed by atoms with E-state index in [1.165, 1.54) is 33.7 Å². The van der Waals surface area contributed by atoms with Gasteiger partial charge < -0.3 is 20.6 Å². The largest absolute Gasteiger partial charge is 0.503 e. The Hall–Kier alpha value is -6.82. The molecule has 0 fully saturated rings. The van der Waals surface area contributed by atoms with Crippen molar-refractivity contribution in [3.8, 4) is 45.1 Å². The number of aromatic nitrogens is 4. The fourth-order valence-corrected chi connectivity index (χ4v) is 6.03. The van der Waals surface area contributed by atoms with Crippen molar-refractivity contribution < 1.29 is 24.9 Å². The molecule has 1 amide bonds. The number of nitrogens with zero attached hydrogens (tertiary/aromatic N) is 4. The molecule has 6 aromatic rings. The predicted octanol–water partition coefficient (Wildman–Crippen LogP) is 6.67. The maximum Gasteiger partial charge on any atom is 0.360 e. The second kappa shape index (κ2) is 17.3. The zero-order valence-corrected chi connectivity index (χ0v) is 31.2. The van der Waals surface area contributed by atoms with Crippen LogP contribution in [0, 0.1) is 11.8 Å². The molecule has 0 saturated heterocycles. The van der Waals surface area contributed by atoms with Crippen LogP contribution in [0.15, 0.2) is 119 Å². The fraction of sp³-hybridized carbons (Fsp3) is 0.209. The van der Waals surface area contributed by atoms with E-state index in [2.05, 4.69) is 67.5 Å². The van der Waals surface area contributed by atoms with Crippen molar-refractivity contribution in [2.24, 2.45) is 11.8 Å². The van der Waals surface area contributed by atoms with Gasteiger partial charge in [0, 0.05) is 18.2 Å². The first-order valence-electron chi connectivity index (χ1n) is 17.8. The van der Waals surface area contributed by atoms with Crippen LogP contribution in [0.1, 0.15) is 59.8 Å². The third-order valence-corrected chi connectivity index (χ3v) is 8.56. The van der Waals surface area contributed by atoms with E-state index in [0.717, 1.165) is 41.3 Å². The number of nitrogens with one attached hydrogen (secondary N) is 1. The Kier molecular flexibility index (Phi) is 12.4. The summed E-state index contributed by atoms with van der Waals surface area (Å²) in [5.41, 5.74) is 4.40. The second-order valence-electron chi connectivity index (χ2n) is 13.8. The number of carbonyl (C=O) groups is 2. The number of amides is 1. The van der Waals surface area contributed by atoms with Gasteiger partial charge >= 0.3 is 5.97 Å². The van der Waals surface area contributed by atoms with Gasteiger partial charge in [-0.15, -0.1) is 0 Å². The van der Waals surface area contributed by atoms with Crippen LogP contribution in [-0.4, -0.2) is 53.8 Å². The smallest absolute Gasteiger partial charge is 0.360 e. The molecular weight excluding hydrogens is 699 g/mol. The summed E-state index contributed by atoms with van der Waals surface area (Å²) in [6, 6.07) is 31.2. The molecule has 0 saturated carbocycles. The van der Waals surface area contributed by atoms with Gasteiger partial charge in [0.15, 0.2) is 17.2 Å². The summed E-state index contributed by atoms with van der Waals surface area (Å²) in [7, 11) is 1.41. The molecule has 55 heavy (non-hydrogen) atoms. The number of carboxylic acids is 1. The Bertz CT molecular complexity index is 2430. The average molecular weight is 742 g/mol. The maximum atomic E-state index is 12.0.